The molecule has 2 aromatic rings. The smallest absolute Gasteiger partial charge is 0.293 e. The molecule has 10 heteroatoms. The first-order valence-electron chi connectivity index (χ1n) is 6.89. The van der Waals surface area contributed by atoms with E-state index in [0.29, 0.717) is 11.5 Å². The summed E-state index contributed by atoms with van der Waals surface area (Å²) < 4.78 is 42.5. The van der Waals surface area contributed by atoms with Crippen LogP contribution in [0.25, 0.3) is 0 Å². The number of methoxy groups -OCH3 is 3. The van der Waals surface area contributed by atoms with Gasteiger partial charge in [-0.05, 0) is 12.1 Å². The molecule has 1 N–H and O–H groups in total. The highest BCUT2D eigenvalue weighted by molar-refractivity contribution is 7.92. The summed E-state index contributed by atoms with van der Waals surface area (Å²) in [4.78, 5) is 9.93. The Hall–Kier alpha value is -3.01. The van der Waals surface area contributed by atoms with Gasteiger partial charge in [-0.25, -0.2) is 8.42 Å². The number of rotatable bonds is 7. The zero-order chi connectivity index (χ0) is 18.6. The van der Waals surface area contributed by atoms with Gasteiger partial charge < -0.3 is 14.2 Å². The Labute approximate surface area is 144 Å². The number of anilines is 1. The molecule has 0 fully saturated rings. The van der Waals surface area contributed by atoms with Gasteiger partial charge in [-0.1, -0.05) is 0 Å². The van der Waals surface area contributed by atoms with Crippen molar-refractivity contribution in [2.45, 2.75) is 4.90 Å². The summed E-state index contributed by atoms with van der Waals surface area (Å²) in [5.74, 6) is 0.899. The van der Waals surface area contributed by atoms with Crippen LogP contribution in [0.2, 0.25) is 0 Å². The molecule has 0 aliphatic heterocycles. The number of sulfonamides is 1. The molecule has 0 bridgehead atoms. The molecule has 0 unspecified atom stereocenters. The molecule has 0 aliphatic rings. The molecule has 0 heterocycles. The van der Waals surface area contributed by atoms with Gasteiger partial charge in [0, 0.05) is 18.2 Å². The summed E-state index contributed by atoms with van der Waals surface area (Å²) in [6.07, 6.45) is 0. The molecule has 0 aromatic heterocycles. The highest BCUT2D eigenvalue weighted by Gasteiger charge is 2.27. The van der Waals surface area contributed by atoms with Gasteiger partial charge in [0.15, 0.2) is 4.90 Å². The van der Waals surface area contributed by atoms with E-state index in [4.69, 9.17) is 14.2 Å². The summed E-state index contributed by atoms with van der Waals surface area (Å²) in [5.41, 5.74) is -0.456. The van der Waals surface area contributed by atoms with Crippen molar-refractivity contribution in [2.75, 3.05) is 26.1 Å². The van der Waals surface area contributed by atoms with Crippen LogP contribution in [0.3, 0.4) is 0 Å². The second-order valence-electron chi connectivity index (χ2n) is 4.80. The number of nitro benzene ring substituents is 1. The van der Waals surface area contributed by atoms with Gasteiger partial charge in [-0.3, -0.25) is 14.8 Å². The van der Waals surface area contributed by atoms with Gasteiger partial charge in [-0.2, -0.15) is 0 Å². The Bertz CT molecular complexity index is 874. The van der Waals surface area contributed by atoms with E-state index in [1.54, 1.807) is 6.07 Å². The van der Waals surface area contributed by atoms with Gasteiger partial charge >= 0.3 is 0 Å². The van der Waals surface area contributed by atoms with Crippen LogP contribution in [-0.4, -0.2) is 34.7 Å². The lowest BCUT2D eigenvalue weighted by Crippen LogP contribution is -2.15. The van der Waals surface area contributed by atoms with Crippen molar-refractivity contribution in [2.24, 2.45) is 0 Å². The number of nitrogens with zero attached hydrogens (tertiary/aromatic N) is 1. The average molecular weight is 368 g/mol. The van der Waals surface area contributed by atoms with Crippen LogP contribution in [0.1, 0.15) is 0 Å². The first-order valence-corrected chi connectivity index (χ1v) is 8.37. The minimum Gasteiger partial charge on any atom is -0.497 e. The van der Waals surface area contributed by atoms with Gasteiger partial charge in [0.2, 0.25) is 0 Å². The van der Waals surface area contributed by atoms with Gasteiger partial charge in [0.25, 0.3) is 15.7 Å². The summed E-state index contributed by atoms with van der Waals surface area (Å²) in [6, 6.07) is 7.89. The fourth-order valence-corrected chi connectivity index (χ4v) is 3.26. The van der Waals surface area contributed by atoms with Gasteiger partial charge in [0.1, 0.15) is 17.2 Å². The lowest BCUT2D eigenvalue weighted by Gasteiger charge is -2.12. The summed E-state index contributed by atoms with van der Waals surface area (Å²) in [7, 11) is -0.0588. The molecule has 0 aliphatic carbocycles. The second-order valence-corrected chi connectivity index (χ2v) is 6.45. The largest absolute Gasteiger partial charge is 0.497 e. The molecule has 2 aromatic carbocycles. The summed E-state index contributed by atoms with van der Waals surface area (Å²) >= 11 is 0. The molecule has 0 saturated heterocycles. The standard InChI is InChI=1S/C15H16N2O7S/c1-22-11-4-5-15(14(9-11)17(18)19)25(20,21)16-10-6-12(23-2)8-13(7-10)24-3/h4-9,16H,1-3H3. The molecule has 0 atom stereocenters. The van der Waals surface area contributed by atoms with Crippen LogP contribution in [0.4, 0.5) is 11.4 Å². The second kappa shape index (κ2) is 7.26. The Morgan fingerprint density at radius 3 is 1.96 bits per heavy atom. The highest BCUT2D eigenvalue weighted by Crippen LogP contribution is 2.32. The fourth-order valence-electron chi connectivity index (χ4n) is 2.07. The lowest BCUT2D eigenvalue weighted by atomic mass is 10.3. The number of ether oxygens (including phenoxy) is 3. The molecule has 134 valence electrons. The van der Waals surface area contributed by atoms with Crippen molar-refractivity contribution in [3.05, 3.63) is 46.5 Å². The molecule has 0 amide bonds. The van der Waals surface area contributed by atoms with Crippen LogP contribution in [0.5, 0.6) is 17.2 Å². The minimum absolute atomic E-state index is 0.140. The average Bonchev–Trinajstić information content (AvgIpc) is 2.60. The number of nitrogens with one attached hydrogen (secondary N) is 1. The predicted octanol–water partition coefficient (Wildman–Crippen LogP) is 2.42. The fraction of sp³-hybridized carbons (Fsp3) is 0.200. The topological polar surface area (TPSA) is 117 Å². The van der Waals surface area contributed by atoms with Gasteiger partial charge in [-0.15, -0.1) is 0 Å². The normalized spacial score (nSPS) is 10.8. The third-order valence-electron chi connectivity index (χ3n) is 3.26. The number of hydrogen-bond donors (Lipinski definition) is 1. The van der Waals surface area contributed by atoms with Crippen LogP contribution < -0.4 is 18.9 Å². The van der Waals surface area contributed by atoms with Crippen molar-refractivity contribution >= 4 is 21.4 Å². The molecular weight excluding hydrogens is 352 g/mol. The van der Waals surface area contributed by atoms with Crippen LogP contribution >= 0.6 is 0 Å². The number of nitro groups is 1. The Balaban J connectivity index is 2.48. The number of hydrogen-bond acceptors (Lipinski definition) is 7. The zero-order valence-electron chi connectivity index (χ0n) is 13.7. The number of benzene rings is 2. The van der Waals surface area contributed by atoms with Gasteiger partial charge in [0.05, 0.1) is 38.0 Å². The van der Waals surface area contributed by atoms with E-state index in [0.717, 1.165) is 12.1 Å². The van der Waals surface area contributed by atoms with E-state index in [2.05, 4.69) is 4.72 Å². The van der Waals surface area contributed by atoms with Crippen molar-refractivity contribution < 1.29 is 27.6 Å². The molecule has 25 heavy (non-hydrogen) atoms. The SMILES string of the molecule is COc1cc(NS(=O)(=O)c2ccc(OC)cc2[N+](=O)[O-])cc(OC)c1. The molecule has 0 saturated carbocycles. The molecular formula is C15H16N2O7S. The lowest BCUT2D eigenvalue weighted by molar-refractivity contribution is -0.387. The predicted molar refractivity (Wildman–Crippen MR) is 90.0 cm³/mol. The van der Waals surface area contributed by atoms with Crippen LogP contribution in [-0.2, 0) is 10.0 Å². The third-order valence-corrected chi connectivity index (χ3v) is 4.68. The van der Waals surface area contributed by atoms with Crippen molar-refractivity contribution in [1.82, 2.24) is 0 Å². The van der Waals surface area contributed by atoms with Crippen molar-refractivity contribution in [1.29, 1.82) is 0 Å². The van der Waals surface area contributed by atoms with Crippen LogP contribution in [0.15, 0.2) is 41.3 Å². The zero-order valence-corrected chi connectivity index (χ0v) is 14.5. The first kappa shape index (κ1) is 18.3. The maximum absolute atomic E-state index is 12.6. The summed E-state index contributed by atoms with van der Waals surface area (Å²) in [6.45, 7) is 0. The van der Waals surface area contributed by atoms with E-state index < -0.39 is 25.5 Å². The maximum atomic E-state index is 12.6. The minimum atomic E-state index is -4.22. The molecule has 0 radical (unpaired) electrons. The summed E-state index contributed by atoms with van der Waals surface area (Å²) in [5, 5.41) is 11.2. The highest BCUT2D eigenvalue weighted by atomic mass is 32.2. The van der Waals surface area contributed by atoms with E-state index in [9.17, 15) is 18.5 Å². The Morgan fingerprint density at radius 2 is 1.48 bits per heavy atom. The Kier molecular flexibility index (Phi) is 5.32. The quantitative estimate of drug-likeness (QED) is 0.589. The Morgan fingerprint density at radius 1 is 0.920 bits per heavy atom. The van der Waals surface area contributed by atoms with E-state index in [-0.39, 0.29) is 11.4 Å². The molecule has 9 nitrogen and oxygen atoms in total. The monoisotopic (exact) mass is 368 g/mol. The van der Waals surface area contributed by atoms with Crippen molar-refractivity contribution in [3.8, 4) is 17.2 Å². The maximum Gasteiger partial charge on any atom is 0.293 e. The molecule has 2 rings (SSSR count). The third kappa shape index (κ3) is 4.10. The van der Waals surface area contributed by atoms with E-state index in [1.165, 1.54) is 39.5 Å². The van der Waals surface area contributed by atoms with E-state index >= 15 is 0 Å². The van der Waals surface area contributed by atoms with Crippen LogP contribution in [0, 0.1) is 10.1 Å². The molecule has 0 spiro atoms. The van der Waals surface area contributed by atoms with E-state index in [1.807, 2.05) is 0 Å². The first-order chi connectivity index (χ1) is 11.8. The van der Waals surface area contributed by atoms with Crippen molar-refractivity contribution in [3.63, 3.8) is 0 Å².